The van der Waals surface area contributed by atoms with Crippen LogP contribution >= 0.6 is 11.6 Å². The number of ether oxygens (including phenoxy) is 2. The van der Waals surface area contributed by atoms with Gasteiger partial charge in [0.05, 0.1) is 36.7 Å². The van der Waals surface area contributed by atoms with Crippen molar-refractivity contribution in [2.24, 2.45) is 5.92 Å². The van der Waals surface area contributed by atoms with Crippen molar-refractivity contribution in [3.63, 3.8) is 0 Å². The van der Waals surface area contributed by atoms with Gasteiger partial charge in [-0.25, -0.2) is 0 Å². The maximum atomic E-state index is 10.8. The van der Waals surface area contributed by atoms with Crippen molar-refractivity contribution in [3.05, 3.63) is 16.9 Å². The standard InChI is InChI=1S/C12H19ClN2O3/c1-12(16,9-3-5-18-8-9)11-10(13)7-14-15(11)4-6-17-2/h7,9,16H,3-6,8H2,1-2H3. The molecular formula is C12H19ClN2O3. The lowest BCUT2D eigenvalue weighted by molar-refractivity contribution is -0.0180. The molecule has 1 saturated heterocycles. The predicted molar refractivity (Wildman–Crippen MR) is 67.6 cm³/mol. The summed E-state index contributed by atoms with van der Waals surface area (Å²) in [6.07, 6.45) is 2.40. The van der Waals surface area contributed by atoms with Crippen molar-refractivity contribution in [2.45, 2.75) is 25.5 Å². The zero-order chi connectivity index (χ0) is 13.2. The van der Waals surface area contributed by atoms with Crippen molar-refractivity contribution in [1.82, 2.24) is 9.78 Å². The lowest BCUT2D eigenvalue weighted by atomic mass is 9.85. The van der Waals surface area contributed by atoms with E-state index in [0.717, 1.165) is 6.42 Å². The van der Waals surface area contributed by atoms with Crippen LogP contribution in [-0.2, 0) is 21.6 Å². The van der Waals surface area contributed by atoms with Gasteiger partial charge in [0.2, 0.25) is 0 Å². The third kappa shape index (κ3) is 2.54. The van der Waals surface area contributed by atoms with E-state index in [-0.39, 0.29) is 5.92 Å². The monoisotopic (exact) mass is 274 g/mol. The van der Waals surface area contributed by atoms with Crippen LogP contribution < -0.4 is 0 Å². The first kappa shape index (κ1) is 13.8. The van der Waals surface area contributed by atoms with E-state index >= 15 is 0 Å². The number of nitrogens with zero attached hydrogens (tertiary/aromatic N) is 2. The van der Waals surface area contributed by atoms with Crippen LogP contribution in [0, 0.1) is 5.92 Å². The van der Waals surface area contributed by atoms with Crippen LogP contribution in [0.2, 0.25) is 5.02 Å². The van der Waals surface area contributed by atoms with Crippen LogP contribution in [0.3, 0.4) is 0 Å². The van der Waals surface area contributed by atoms with Gasteiger partial charge in [-0.05, 0) is 13.3 Å². The van der Waals surface area contributed by atoms with E-state index < -0.39 is 5.60 Å². The van der Waals surface area contributed by atoms with E-state index in [4.69, 9.17) is 21.1 Å². The first-order chi connectivity index (χ1) is 8.57. The van der Waals surface area contributed by atoms with Gasteiger partial charge < -0.3 is 14.6 Å². The van der Waals surface area contributed by atoms with Gasteiger partial charge in [-0.3, -0.25) is 4.68 Å². The minimum Gasteiger partial charge on any atom is -0.383 e. The summed E-state index contributed by atoms with van der Waals surface area (Å²) in [5.41, 5.74) is -0.380. The second kappa shape index (κ2) is 5.57. The molecule has 18 heavy (non-hydrogen) atoms. The molecule has 0 aliphatic carbocycles. The Hall–Kier alpha value is -0.620. The minimum atomic E-state index is -1.03. The lowest BCUT2D eigenvalue weighted by Crippen LogP contribution is -2.35. The highest BCUT2D eigenvalue weighted by atomic mass is 35.5. The first-order valence-corrected chi connectivity index (χ1v) is 6.46. The summed E-state index contributed by atoms with van der Waals surface area (Å²) >= 11 is 6.16. The molecule has 1 aliphatic heterocycles. The number of aliphatic hydroxyl groups is 1. The van der Waals surface area contributed by atoms with Gasteiger partial charge in [-0.15, -0.1) is 0 Å². The van der Waals surface area contributed by atoms with Crippen LogP contribution in [0.4, 0.5) is 0 Å². The fourth-order valence-corrected chi connectivity index (χ4v) is 2.72. The molecule has 1 aliphatic rings. The Labute approximate surface area is 112 Å². The molecule has 2 rings (SSSR count). The summed E-state index contributed by atoms with van der Waals surface area (Å²) in [6.45, 7) is 4.12. The summed E-state index contributed by atoms with van der Waals surface area (Å²) in [7, 11) is 1.63. The van der Waals surface area contributed by atoms with E-state index in [9.17, 15) is 5.11 Å². The van der Waals surface area contributed by atoms with Gasteiger partial charge >= 0.3 is 0 Å². The van der Waals surface area contributed by atoms with Crippen molar-refractivity contribution >= 4 is 11.6 Å². The third-order valence-electron chi connectivity index (χ3n) is 3.51. The molecule has 0 bridgehead atoms. The molecule has 0 saturated carbocycles. The summed E-state index contributed by atoms with van der Waals surface area (Å²) in [6, 6.07) is 0. The molecule has 1 aromatic heterocycles. The highest BCUT2D eigenvalue weighted by Gasteiger charge is 2.40. The van der Waals surface area contributed by atoms with Crippen LogP contribution in [0.5, 0.6) is 0 Å². The third-order valence-corrected chi connectivity index (χ3v) is 3.78. The van der Waals surface area contributed by atoms with E-state index in [0.29, 0.717) is 37.1 Å². The topological polar surface area (TPSA) is 56.5 Å². The molecule has 5 nitrogen and oxygen atoms in total. The molecule has 2 atom stereocenters. The van der Waals surface area contributed by atoms with Gasteiger partial charge in [0, 0.05) is 19.6 Å². The smallest absolute Gasteiger partial charge is 0.110 e. The van der Waals surface area contributed by atoms with E-state index in [1.165, 1.54) is 0 Å². The van der Waals surface area contributed by atoms with Gasteiger partial charge in [0.1, 0.15) is 5.60 Å². The Kier molecular flexibility index (Phi) is 4.27. The van der Waals surface area contributed by atoms with Crippen molar-refractivity contribution < 1.29 is 14.6 Å². The average molecular weight is 275 g/mol. The number of methoxy groups -OCH3 is 1. The molecule has 0 radical (unpaired) electrons. The maximum absolute atomic E-state index is 10.8. The molecule has 1 fully saturated rings. The molecule has 6 heteroatoms. The highest BCUT2D eigenvalue weighted by Crippen LogP contribution is 2.37. The number of hydrogen-bond acceptors (Lipinski definition) is 4. The molecule has 0 spiro atoms. The summed E-state index contributed by atoms with van der Waals surface area (Å²) in [4.78, 5) is 0. The Bertz CT molecular complexity index is 400. The first-order valence-electron chi connectivity index (χ1n) is 6.08. The summed E-state index contributed by atoms with van der Waals surface area (Å²) < 4.78 is 12.1. The maximum Gasteiger partial charge on any atom is 0.110 e. The highest BCUT2D eigenvalue weighted by molar-refractivity contribution is 6.31. The molecule has 1 aromatic rings. The molecule has 1 N–H and O–H groups in total. The Morgan fingerprint density at radius 3 is 3.11 bits per heavy atom. The average Bonchev–Trinajstić information content (AvgIpc) is 2.95. The zero-order valence-corrected chi connectivity index (χ0v) is 11.5. The quantitative estimate of drug-likeness (QED) is 0.882. The normalized spacial score (nSPS) is 23.2. The second-order valence-corrected chi connectivity index (χ2v) is 5.17. The van der Waals surface area contributed by atoms with E-state index in [2.05, 4.69) is 5.10 Å². The number of hydrogen-bond donors (Lipinski definition) is 1. The molecule has 0 aromatic carbocycles. The Balaban J connectivity index is 2.27. The number of halogens is 1. The minimum absolute atomic E-state index is 0.0491. The fraction of sp³-hybridized carbons (Fsp3) is 0.750. The van der Waals surface area contributed by atoms with Crippen molar-refractivity contribution in [1.29, 1.82) is 0 Å². The SMILES string of the molecule is COCCn1ncc(Cl)c1C(C)(O)C1CCOC1. The van der Waals surface area contributed by atoms with Crippen molar-refractivity contribution in [3.8, 4) is 0 Å². The largest absolute Gasteiger partial charge is 0.383 e. The number of aromatic nitrogens is 2. The van der Waals surface area contributed by atoms with Gasteiger partial charge in [0.15, 0.2) is 0 Å². The van der Waals surface area contributed by atoms with Crippen LogP contribution in [0.1, 0.15) is 19.0 Å². The molecule has 2 heterocycles. The van der Waals surface area contributed by atoms with E-state index in [1.807, 2.05) is 0 Å². The lowest BCUT2D eigenvalue weighted by Gasteiger charge is -2.30. The Morgan fingerprint density at radius 2 is 2.50 bits per heavy atom. The van der Waals surface area contributed by atoms with Crippen LogP contribution in [0.25, 0.3) is 0 Å². The fourth-order valence-electron chi connectivity index (χ4n) is 2.38. The molecule has 102 valence electrons. The van der Waals surface area contributed by atoms with Gasteiger partial charge in [-0.2, -0.15) is 5.10 Å². The second-order valence-electron chi connectivity index (χ2n) is 4.77. The zero-order valence-electron chi connectivity index (χ0n) is 10.7. The predicted octanol–water partition coefficient (Wildman–Crippen LogP) is 1.43. The Morgan fingerprint density at radius 1 is 1.72 bits per heavy atom. The molecule has 2 unspecified atom stereocenters. The van der Waals surface area contributed by atoms with Crippen LogP contribution in [-0.4, -0.2) is 41.8 Å². The van der Waals surface area contributed by atoms with E-state index in [1.54, 1.807) is 24.9 Å². The van der Waals surface area contributed by atoms with Gasteiger partial charge in [-0.1, -0.05) is 11.6 Å². The van der Waals surface area contributed by atoms with Crippen molar-refractivity contribution in [2.75, 3.05) is 26.9 Å². The van der Waals surface area contributed by atoms with Gasteiger partial charge in [0.25, 0.3) is 0 Å². The molecule has 0 amide bonds. The van der Waals surface area contributed by atoms with Crippen LogP contribution in [0.15, 0.2) is 6.20 Å². The summed E-state index contributed by atoms with van der Waals surface area (Å²) in [5, 5.41) is 15.5. The number of rotatable bonds is 5. The summed E-state index contributed by atoms with van der Waals surface area (Å²) in [5.74, 6) is 0.0491. The molecular weight excluding hydrogens is 256 g/mol.